The van der Waals surface area contributed by atoms with Crippen LogP contribution in [0.4, 0.5) is 11.4 Å². The van der Waals surface area contributed by atoms with E-state index in [4.69, 9.17) is 20.9 Å². The second kappa shape index (κ2) is 5.79. The van der Waals surface area contributed by atoms with E-state index in [2.05, 4.69) is 0 Å². The van der Waals surface area contributed by atoms with Crippen LogP contribution in [0.1, 0.15) is 6.42 Å². The summed E-state index contributed by atoms with van der Waals surface area (Å²) < 4.78 is 36.5. The molecule has 0 radical (unpaired) electrons. The molecule has 1 heterocycles. The van der Waals surface area contributed by atoms with Crippen LogP contribution in [0, 0.1) is 0 Å². The number of halogens is 1. The molecule has 0 spiro atoms. The largest absolute Gasteiger partial charge is 0.453 e. The van der Waals surface area contributed by atoms with E-state index in [-0.39, 0.29) is 5.75 Å². The molecule has 0 atom stereocenters. The molecule has 0 amide bonds. The average Bonchev–Trinajstić information content (AvgIpc) is 2.45. The highest BCUT2D eigenvalue weighted by atomic mass is 35.5. The van der Waals surface area contributed by atoms with Gasteiger partial charge in [-0.05, 0) is 30.7 Å². The Labute approximate surface area is 133 Å². The van der Waals surface area contributed by atoms with Crippen LogP contribution < -0.4 is 9.64 Å². The first kappa shape index (κ1) is 15.1. The number of hydrogen-bond donors (Lipinski definition) is 1. The van der Waals surface area contributed by atoms with Crippen molar-refractivity contribution in [3.63, 3.8) is 0 Å². The molecule has 2 aromatic carbocycles. The van der Waals surface area contributed by atoms with Crippen molar-refractivity contribution in [2.75, 3.05) is 17.2 Å². The van der Waals surface area contributed by atoms with Crippen molar-refractivity contribution in [1.29, 1.82) is 0 Å². The maximum Gasteiger partial charge on any atom is 0.264 e. The van der Waals surface area contributed by atoms with Gasteiger partial charge >= 0.3 is 0 Å². The molecule has 2 aromatic rings. The number of rotatable bonds is 4. The topological polar surface area (TPSA) is 66.8 Å². The van der Waals surface area contributed by atoms with Gasteiger partial charge in [0, 0.05) is 17.6 Å². The molecule has 0 saturated heterocycles. The lowest BCUT2D eigenvalue weighted by atomic mass is 10.1. The number of ether oxygens (including phenoxy) is 1. The number of benzene rings is 2. The number of anilines is 2. The predicted octanol–water partition coefficient (Wildman–Crippen LogP) is 3.86. The van der Waals surface area contributed by atoms with Gasteiger partial charge in [-0.15, -0.1) is 0 Å². The Morgan fingerprint density at radius 2 is 1.82 bits per heavy atom. The Hall–Kier alpha value is -1.76. The van der Waals surface area contributed by atoms with E-state index in [1.807, 2.05) is 35.2 Å². The quantitative estimate of drug-likeness (QED) is 0.857. The third kappa shape index (κ3) is 3.19. The number of fused-ring (bicyclic) bond motifs is 2. The number of nitrogens with zero attached hydrogens (tertiary/aromatic N) is 1. The highest BCUT2D eigenvalue weighted by Crippen LogP contribution is 2.47. The van der Waals surface area contributed by atoms with Gasteiger partial charge in [-0.1, -0.05) is 23.7 Å². The summed E-state index contributed by atoms with van der Waals surface area (Å²) in [7, 11) is -3.97. The van der Waals surface area contributed by atoms with Gasteiger partial charge in [0.15, 0.2) is 11.5 Å². The first-order chi connectivity index (χ1) is 10.4. The Kier molecular flexibility index (Phi) is 3.99. The molecule has 22 heavy (non-hydrogen) atoms. The molecule has 0 bridgehead atoms. The van der Waals surface area contributed by atoms with Crippen molar-refractivity contribution >= 4 is 33.1 Å². The van der Waals surface area contributed by atoms with Crippen molar-refractivity contribution < 1.29 is 17.7 Å². The summed E-state index contributed by atoms with van der Waals surface area (Å²) in [5, 5.41) is 0.566. The van der Waals surface area contributed by atoms with E-state index in [0.29, 0.717) is 29.5 Å². The minimum atomic E-state index is -3.97. The van der Waals surface area contributed by atoms with E-state index in [9.17, 15) is 8.42 Å². The Morgan fingerprint density at radius 3 is 2.59 bits per heavy atom. The van der Waals surface area contributed by atoms with E-state index < -0.39 is 10.1 Å². The summed E-state index contributed by atoms with van der Waals surface area (Å²) in [5.41, 5.74) is 1.67. The van der Waals surface area contributed by atoms with Gasteiger partial charge in [-0.3, -0.25) is 4.55 Å². The SMILES string of the molecule is O=S(=O)(O)CCCN1c2ccccc2Oc2cc(Cl)ccc21. The fraction of sp³-hybridized carbons (Fsp3) is 0.200. The molecular formula is C15H14ClNO4S. The third-order valence-electron chi connectivity index (χ3n) is 3.37. The Bertz CT molecular complexity index is 807. The molecule has 1 aliphatic heterocycles. The zero-order valence-corrected chi connectivity index (χ0v) is 13.1. The zero-order chi connectivity index (χ0) is 15.7. The molecule has 3 rings (SSSR count). The molecule has 0 aliphatic carbocycles. The van der Waals surface area contributed by atoms with Gasteiger partial charge in [0.2, 0.25) is 0 Å². The molecule has 1 N–H and O–H groups in total. The van der Waals surface area contributed by atoms with E-state index >= 15 is 0 Å². The lowest BCUT2D eigenvalue weighted by Crippen LogP contribution is -2.24. The van der Waals surface area contributed by atoms with Crippen LogP contribution in [0.3, 0.4) is 0 Å². The van der Waals surface area contributed by atoms with Gasteiger partial charge in [-0.25, -0.2) is 0 Å². The lowest BCUT2D eigenvalue weighted by molar-refractivity contribution is 0.471. The fourth-order valence-corrected chi connectivity index (χ4v) is 3.11. The van der Waals surface area contributed by atoms with Gasteiger partial charge in [0.05, 0.1) is 17.1 Å². The second-order valence-corrected chi connectivity index (χ2v) is 6.98. The van der Waals surface area contributed by atoms with Crippen LogP contribution >= 0.6 is 11.6 Å². The maximum atomic E-state index is 10.9. The first-order valence-electron chi connectivity index (χ1n) is 6.73. The highest BCUT2D eigenvalue weighted by molar-refractivity contribution is 7.85. The molecule has 1 aliphatic rings. The average molecular weight is 340 g/mol. The summed E-state index contributed by atoms with van der Waals surface area (Å²) in [6, 6.07) is 12.8. The summed E-state index contributed by atoms with van der Waals surface area (Å²) >= 11 is 6.00. The van der Waals surface area contributed by atoms with Gasteiger partial charge in [-0.2, -0.15) is 8.42 Å². The molecule has 5 nitrogen and oxygen atoms in total. The van der Waals surface area contributed by atoms with Gasteiger partial charge in [0.25, 0.3) is 10.1 Å². The fourth-order valence-electron chi connectivity index (χ4n) is 2.45. The van der Waals surface area contributed by atoms with Crippen LogP contribution in [-0.2, 0) is 10.1 Å². The smallest absolute Gasteiger partial charge is 0.264 e. The maximum absolute atomic E-state index is 10.9. The van der Waals surface area contributed by atoms with Crippen LogP contribution in [0.5, 0.6) is 11.5 Å². The predicted molar refractivity (Wildman–Crippen MR) is 86.0 cm³/mol. The molecular weight excluding hydrogens is 326 g/mol. The zero-order valence-electron chi connectivity index (χ0n) is 11.6. The number of hydrogen-bond acceptors (Lipinski definition) is 4. The lowest BCUT2D eigenvalue weighted by Gasteiger charge is -2.32. The summed E-state index contributed by atoms with van der Waals surface area (Å²) in [5.74, 6) is 1.03. The van der Waals surface area contributed by atoms with Gasteiger partial charge in [0.1, 0.15) is 0 Å². The standard InChI is InChI=1S/C15H14ClNO4S/c16-11-6-7-13-15(10-11)21-14-5-2-1-4-12(14)17(13)8-3-9-22(18,19)20/h1-2,4-7,10H,3,8-9H2,(H,18,19,20). The van der Waals surface area contributed by atoms with Crippen LogP contribution in [-0.4, -0.2) is 25.3 Å². The van der Waals surface area contributed by atoms with Crippen LogP contribution in [0.15, 0.2) is 42.5 Å². The van der Waals surface area contributed by atoms with E-state index in [1.165, 1.54) is 0 Å². The molecule has 0 unspecified atom stereocenters. The third-order valence-corrected chi connectivity index (χ3v) is 4.41. The van der Waals surface area contributed by atoms with E-state index in [0.717, 1.165) is 11.4 Å². The molecule has 7 heteroatoms. The first-order valence-corrected chi connectivity index (χ1v) is 8.72. The van der Waals surface area contributed by atoms with Crippen molar-refractivity contribution in [2.45, 2.75) is 6.42 Å². The van der Waals surface area contributed by atoms with Crippen molar-refractivity contribution in [2.24, 2.45) is 0 Å². The highest BCUT2D eigenvalue weighted by Gasteiger charge is 2.24. The summed E-state index contributed by atoms with van der Waals surface area (Å²) in [6.45, 7) is 0.439. The molecule has 0 saturated carbocycles. The Morgan fingerprint density at radius 1 is 1.09 bits per heavy atom. The minimum Gasteiger partial charge on any atom is -0.453 e. The van der Waals surface area contributed by atoms with Crippen molar-refractivity contribution in [1.82, 2.24) is 0 Å². The molecule has 116 valence electrons. The normalized spacial score (nSPS) is 13.3. The van der Waals surface area contributed by atoms with Crippen molar-refractivity contribution in [3.8, 4) is 11.5 Å². The van der Waals surface area contributed by atoms with Gasteiger partial charge < -0.3 is 9.64 Å². The summed E-state index contributed by atoms with van der Waals surface area (Å²) in [4.78, 5) is 1.97. The second-order valence-electron chi connectivity index (χ2n) is 4.97. The van der Waals surface area contributed by atoms with E-state index in [1.54, 1.807) is 12.1 Å². The summed E-state index contributed by atoms with van der Waals surface area (Å²) in [6.07, 6.45) is 0.301. The van der Waals surface area contributed by atoms with Crippen LogP contribution in [0.2, 0.25) is 5.02 Å². The van der Waals surface area contributed by atoms with Crippen LogP contribution in [0.25, 0.3) is 0 Å². The molecule has 0 fully saturated rings. The Balaban J connectivity index is 1.94. The number of para-hydroxylation sites is 2. The molecule has 0 aromatic heterocycles. The monoisotopic (exact) mass is 339 g/mol. The van der Waals surface area contributed by atoms with Crippen molar-refractivity contribution in [3.05, 3.63) is 47.5 Å². The minimum absolute atomic E-state index is 0.282.